The van der Waals surface area contributed by atoms with Crippen molar-refractivity contribution in [2.24, 2.45) is 10.9 Å². The molecule has 6 heteroatoms. The number of nitrogens with zero attached hydrogens (tertiary/aromatic N) is 2. The Morgan fingerprint density at radius 1 is 1.23 bits per heavy atom. The number of benzene rings is 1. The van der Waals surface area contributed by atoms with Crippen LogP contribution in [-0.2, 0) is 17.7 Å². The maximum absolute atomic E-state index is 5.37. The molecule has 0 spiro atoms. The highest BCUT2D eigenvalue weighted by Crippen LogP contribution is 2.22. The third-order valence-corrected chi connectivity index (χ3v) is 4.84. The summed E-state index contributed by atoms with van der Waals surface area (Å²) in [5.74, 6) is 1.43. The van der Waals surface area contributed by atoms with Gasteiger partial charge in [0.2, 0.25) is 0 Å². The van der Waals surface area contributed by atoms with E-state index in [0.29, 0.717) is 18.6 Å². The predicted molar refractivity (Wildman–Crippen MR) is 120 cm³/mol. The van der Waals surface area contributed by atoms with Crippen LogP contribution in [0.2, 0.25) is 0 Å². The van der Waals surface area contributed by atoms with Crippen LogP contribution in [0.15, 0.2) is 29.3 Å². The van der Waals surface area contributed by atoms with Crippen LogP contribution in [0.3, 0.4) is 0 Å². The van der Waals surface area contributed by atoms with E-state index in [2.05, 4.69) is 58.6 Å². The summed E-state index contributed by atoms with van der Waals surface area (Å²) in [4.78, 5) is 6.92. The minimum Gasteiger partial charge on any atom is -0.380 e. The van der Waals surface area contributed by atoms with Gasteiger partial charge in [0.05, 0.1) is 6.61 Å². The second-order valence-electron chi connectivity index (χ2n) is 6.88. The van der Waals surface area contributed by atoms with Gasteiger partial charge in [-0.3, -0.25) is 9.89 Å². The molecule has 0 aliphatic carbocycles. The predicted octanol–water partition coefficient (Wildman–Crippen LogP) is 2.89. The SMILES string of the molecule is CCOCCNC(=NC)NCC(C(C)C)N1CCc2ccccc2C1.I. The van der Waals surface area contributed by atoms with Crippen LogP contribution in [0.4, 0.5) is 0 Å². The summed E-state index contributed by atoms with van der Waals surface area (Å²) in [5, 5.41) is 6.80. The first-order chi connectivity index (χ1) is 12.2. The zero-order valence-corrected chi connectivity index (χ0v) is 19.0. The Bertz CT molecular complexity index is 550. The van der Waals surface area contributed by atoms with Gasteiger partial charge in [0.15, 0.2) is 5.96 Å². The second kappa shape index (κ2) is 12.5. The van der Waals surface area contributed by atoms with E-state index in [1.165, 1.54) is 11.1 Å². The fourth-order valence-corrected chi connectivity index (χ4v) is 3.39. The molecule has 26 heavy (non-hydrogen) atoms. The van der Waals surface area contributed by atoms with Gasteiger partial charge in [-0.25, -0.2) is 0 Å². The lowest BCUT2D eigenvalue weighted by molar-refractivity contribution is 0.140. The molecule has 1 aromatic carbocycles. The monoisotopic (exact) mass is 474 g/mol. The summed E-state index contributed by atoms with van der Waals surface area (Å²) in [6, 6.07) is 9.31. The Labute approximate surface area is 176 Å². The summed E-state index contributed by atoms with van der Waals surface area (Å²) >= 11 is 0. The molecular weight excluding hydrogens is 439 g/mol. The lowest BCUT2D eigenvalue weighted by Crippen LogP contribution is -2.51. The van der Waals surface area contributed by atoms with Gasteiger partial charge in [0, 0.05) is 45.9 Å². The molecule has 0 bridgehead atoms. The van der Waals surface area contributed by atoms with Crippen molar-refractivity contribution in [1.29, 1.82) is 0 Å². The van der Waals surface area contributed by atoms with E-state index in [0.717, 1.165) is 45.2 Å². The number of guanidine groups is 1. The lowest BCUT2D eigenvalue weighted by atomic mass is 9.95. The standard InChI is InChI=1S/C20H34N4O.HI/c1-5-25-13-11-22-20(21-4)23-14-19(16(2)3)24-12-10-17-8-6-7-9-18(17)15-24;/h6-9,16,19H,5,10-15H2,1-4H3,(H2,21,22,23);1H. The van der Waals surface area contributed by atoms with Gasteiger partial charge >= 0.3 is 0 Å². The van der Waals surface area contributed by atoms with Crippen molar-refractivity contribution in [2.45, 2.75) is 39.8 Å². The minimum absolute atomic E-state index is 0. The van der Waals surface area contributed by atoms with E-state index in [1.807, 2.05) is 14.0 Å². The summed E-state index contributed by atoms with van der Waals surface area (Å²) in [6.45, 7) is 11.9. The van der Waals surface area contributed by atoms with Gasteiger partial charge in [-0.15, -0.1) is 24.0 Å². The number of halogens is 1. The number of hydrogen-bond acceptors (Lipinski definition) is 3. The van der Waals surface area contributed by atoms with E-state index >= 15 is 0 Å². The highest BCUT2D eigenvalue weighted by Gasteiger charge is 2.25. The first kappa shape index (κ1) is 23.2. The van der Waals surface area contributed by atoms with Crippen molar-refractivity contribution in [3.8, 4) is 0 Å². The summed E-state index contributed by atoms with van der Waals surface area (Å²) < 4.78 is 5.37. The van der Waals surface area contributed by atoms with Gasteiger partial charge in [-0.05, 0) is 30.4 Å². The van der Waals surface area contributed by atoms with E-state index in [-0.39, 0.29) is 24.0 Å². The summed E-state index contributed by atoms with van der Waals surface area (Å²) in [6.07, 6.45) is 1.14. The molecule has 1 aromatic rings. The molecule has 0 amide bonds. The molecule has 1 aliphatic rings. The highest BCUT2D eigenvalue weighted by atomic mass is 127. The van der Waals surface area contributed by atoms with Gasteiger partial charge < -0.3 is 15.4 Å². The van der Waals surface area contributed by atoms with E-state index in [4.69, 9.17) is 4.74 Å². The van der Waals surface area contributed by atoms with Crippen molar-refractivity contribution >= 4 is 29.9 Å². The molecule has 1 atom stereocenters. The molecule has 0 saturated heterocycles. The fraction of sp³-hybridized carbons (Fsp3) is 0.650. The van der Waals surface area contributed by atoms with Crippen LogP contribution in [-0.4, -0.2) is 56.8 Å². The maximum Gasteiger partial charge on any atom is 0.191 e. The Morgan fingerprint density at radius 2 is 1.96 bits per heavy atom. The smallest absolute Gasteiger partial charge is 0.191 e. The van der Waals surface area contributed by atoms with Gasteiger partial charge in [0.25, 0.3) is 0 Å². The zero-order chi connectivity index (χ0) is 18.1. The number of fused-ring (bicyclic) bond motifs is 1. The molecule has 1 unspecified atom stereocenters. The Hall–Kier alpha value is -0.860. The topological polar surface area (TPSA) is 48.9 Å². The molecule has 148 valence electrons. The largest absolute Gasteiger partial charge is 0.380 e. The molecule has 0 radical (unpaired) electrons. The quantitative estimate of drug-likeness (QED) is 0.263. The van der Waals surface area contributed by atoms with Gasteiger partial charge in [0.1, 0.15) is 0 Å². The molecule has 2 rings (SSSR count). The highest BCUT2D eigenvalue weighted by molar-refractivity contribution is 14.0. The van der Waals surface area contributed by atoms with Crippen molar-refractivity contribution in [1.82, 2.24) is 15.5 Å². The van der Waals surface area contributed by atoms with Crippen LogP contribution in [0.25, 0.3) is 0 Å². The normalized spacial score (nSPS) is 16.0. The van der Waals surface area contributed by atoms with Crippen molar-refractivity contribution in [3.63, 3.8) is 0 Å². The number of aliphatic imine (C=N–C) groups is 1. The lowest BCUT2D eigenvalue weighted by Gasteiger charge is -2.38. The molecule has 2 N–H and O–H groups in total. The fourth-order valence-electron chi connectivity index (χ4n) is 3.39. The molecule has 0 fully saturated rings. The molecular formula is C20H35IN4O. The third kappa shape index (κ3) is 7.04. The summed E-state index contributed by atoms with van der Waals surface area (Å²) in [7, 11) is 1.82. The molecule has 1 aliphatic heterocycles. The van der Waals surface area contributed by atoms with Crippen LogP contribution >= 0.6 is 24.0 Å². The molecule has 0 aromatic heterocycles. The van der Waals surface area contributed by atoms with Crippen LogP contribution in [0.1, 0.15) is 31.9 Å². The molecule has 0 saturated carbocycles. The summed E-state index contributed by atoms with van der Waals surface area (Å²) in [5.41, 5.74) is 2.97. The average molecular weight is 474 g/mol. The first-order valence-corrected chi connectivity index (χ1v) is 9.48. The number of rotatable bonds is 8. The Kier molecular flexibility index (Phi) is 11.2. The average Bonchev–Trinajstić information content (AvgIpc) is 2.63. The van der Waals surface area contributed by atoms with Crippen LogP contribution < -0.4 is 10.6 Å². The van der Waals surface area contributed by atoms with Crippen LogP contribution in [0.5, 0.6) is 0 Å². The Balaban J connectivity index is 0.00000338. The van der Waals surface area contributed by atoms with Gasteiger partial charge in [-0.1, -0.05) is 38.1 Å². The number of hydrogen-bond donors (Lipinski definition) is 2. The molecule has 5 nitrogen and oxygen atoms in total. The van der Waals surface area contributed by atoms with Crippen LogP contribution in [0, 0.1) is 5.92 Å². The van der Waals surface area contributed by atoms with E-state index in [9.17, 15) is 0 Å². The third-order valence-electron chi connectivity index (χ3n) is 4.84. The van der Waals surface area contributed by atoms with Gasteiger partial charge in [-0.2, -0.15) is 0 Å². The maximum atomic E-state index is 5.37. The van der Waals surface area contributed by atoms with Crippen molar-refractivity contribution in [3.05, 3.63) is 35.4 Å². The van der Waals surface area contributed by atoms with E-state index in [1.54, 1.807) is 0 Å². The van der Waals surface area contributed by atoms with Crippen molar-refractivity contribution in [2.75, 3.05) is 39.9 Å². The zero-order valence-electron chi connectivity index (χ0n) is 16.6. The minimum atomic E-state index is 0. The van der Waals surface area contributed by atoms with Crippen molar-refractivity contribution < 1.29 is 4.74 Å². The van der Waals surface area contributed by atoms with E-state index < -0.39 is 0 Å². The molecule has 1 heterocycles. The first-order valence-electron chi connectivity index (χ1n) is 9.48. The Morgan fingerprint density at radius 3 is 2.62 bits per heavy atom. The number of ether oxygens (including phenoxy) is 1. The number of nitrogens with one attached hydrogen (secondary N) is 2. The second-order valence-corrected chi connectivity index (χ2v) is 6.88.